The van der Waals surface area contributed by atoms with Crippen LogP contribution < -0.4 is 10.1 Å². The Labute approximate surface area is 160 Å². The third kappa shape index (κ3) is 6.60. The van der Waals surface area contributed by atoms with Gasteiger partial charge in [-0.25, -0.2) is 0 Å². The largest absolute Gasteiger partial charge is 0.489 e. The molecule has 2 aromatic carbocycles. The minimum atomic E-state index is -0.504. The number of hydrogen-bond donors (Lipinski definition) is 1. The summed E-state index contributed by atoms with van der Waals surface area (Å²) < 4.78 is 11.3. The average molecular weight is 376 g/mol. The smallest absolute Gasteiger partial charge is 0.310 e. The molecule has 2 aromatic rings. The van der Waals surface area contributed by atoms with Gasteiger partial charge in [0.2, 0.25) is 0 Å². The fraction of sp³-hybridized carbons (Fsp3) is 0.381. The highest BCUT2D eigenvalue weighted by Gasteiger charge is 2.18. The monoisotopic (exact) mass is 375 g/mol. The maximum atomic E-state index is 12.1. The molecule has 26 heavy (non-hydrogen) atoms. The Bertz CT molecular complexity index is 753. The fourth-order valence-corrected chi connectivity index (χ4v) is 2.78. The standard InChI is InChI=1S/C21H26ClNO3/c1-5-23-18-11-15(10-17(22)13-18)14-25-19-9-7-6-8-16(19)12-20(24)26-21(2,3)4/h6-11,13,23H,5,12,14H2,1-4H3. The van der Waals surface area contributed by atoms with Gasteiger partial charge >= 0.3 is 5.97 Å². The van der Waals surface area contributed by atoms with Gasteiger partial charge in [0, 0.05) is 22.8 Å². The van der Waals surface area contributed by atoms with Gasteiger partial charge in [0.15, 0.2) is 0 Å². The number of halogens is 1. The van der Waals surface area contributed by atoms with Gasteiger partial charge in [-0.15, -0.1) is 0 Å². The quantitative estimate of drug-likeness (QED) is 0.672. The van der Waals surface area contributed by atoms with Crippen molar-refractivity contribution in [2.75, 3.05) is 11.9 Å². The van der Waals surface area contributed by atoms with Gasteiger partial charge in [-0.3, -0.25) is 4.79 Å². The molecule has 5 heteroatoms. The summed E-state index contributed by atoms with van der Waals surface area (Å²) in [6.07, 6.45) is 0.172. The molecule has 0 radical (unpaired) electrons. The molecular formula is C21H26ClNO3. The van der Waals surface area contributed by atoms with E-state index in [9.17, 15) is 4.79 Å². The predicted molar refractivity (Wildman–Crippen MR) is 106 cm³/mol. The van der Waals surface area contributed by atoms with Crippen LogP contribution in [0, 0.1) is 0 Å². The number of esters is 1. The molecule has 0 atom stereocenters. The summed E-state index contributed by atoms with van der Waals surface area (Å²) in [5.74, 6) is 0.397. The average Bonchev–Trinajstić information content (AvgIpc) is 2.52. The molecule has 4 nitrogen and oxygen atoms in total. The van der Waals surface area contributed by atoms with Crippen molar-refractivity contribution in [3.8, 4) is 5.75 Å². The maximum absolute atomic E-state index is 12.1. The van der Waals surface area contributed by atoms with Gasteiger partial charge in [0.1, 0.15) is 18.0 Å². The van der Waals surface area contributed by atoms with Crippen LogP contribution in [0.5, 0.6) is 5.75 Å². The van der Waals surface area contributed by atoms with Gasteiger partial charge in [-0.1, -0.05) is 29.8 Å². The topological polar surface area (TPSA) is 47.6 Å². The first-order valence-corrected chi connectivity index (χ1v) is 9.10. The van der Waals surface area contributed by atoms with E-state index < -0.39 is 5.60 Å². The van der Waals surface area contributed by atoms with Crippen molar-refractivity contribution < 1.29 is 14.3 Å². The lowest BCUT2D eigenvalue weighted by atomic mass is 10.1. The van der Waals surface area contributed by atoms with Crippen LogP contribution in [-0.4, -0.2) is 18.1 Å². The maximum Gasteiger partial charge on any atom is 0.310 e. The van der Waals surface area contributed by atoms with Crippen LogP contribution in [0.1, 0.15) is 38.8 Å². The molecule has 2 rings (SSSR count). The lowest BCUT2D eigenvalue weighted by Gasteiger charge is -2.20. The fourth-order valence-electron chi connectivity index (χ4n) is 2.52. The van der Waals surface area contributed by atoms with Crippen molar-refractivity contribution in [1.29, 1.82) is 0 Å². The number of rotatable bonds is 7. The van der Waals surface area contributed by atoms with E-state index in [0.717, 1.165) is 23.4 Å². The molecule has 140 valence electrons. The zero-order chi connectivity index (χ0) is 19.2. The Morgan fingerprint density at radius 1 is 1.15 bits per heavy atom. The number of hydrogen-bond acceptors (Lipinski definition) is 4. The van der Waals surface area contributed by atoms with E-state index in [1.807, 2.05) is 70.2 Å². The van der Waals surface area contributed by atoms with Crippen molar-refractivity contribution in [2.24, 2.45) is 0 Å². The highest BCUT2D eigenvalue weighted by Crippen LogP contribution is 2.24. The lowest BCUT2D eigenvalue weighted by Crippen LogP contribution is -2.25. The minimum Gasteiger partial charge on any atom is -0.489 e. The van der Waals surface area contributed by atoms with Crippen LogP contribution in [0.3, 0.4) is 0 Å². The summed E-state index contributed by atoms with van der Waals surface area (Å²) in [6.45, 7) is 8.78. The SMILES string of the molecule is CCNc1cc(Cl)cc(COc2ccccc2CC(=O)OC(C)(C)C)c1. The molecule has 0 aliphatic carbocycles. The summed E-state index contributed by atoms with van der Waals surface area (Å²) in [5.41, 5.74) is 2.22. The van der Waals surface area contributed by atoms with Crippen LogP contribution in [0.15, 0.2) is 42.5 Å². The van der Waals surface area contributed by atoms with Crippen LogP contribution >= 0.6 is 11.6 Å². The molecule has 0 heterocycles. The third-order valence-corrected chi connectivity index (χ3v) is 3.68. The van der Waals surface area contributed by atoms with E-state index >= 15 is 0 Å². The molecule has 0 saturated heterocycles. The van der Waals surface area contributed by atoms with E-state index in [4.69, 9.17) is 21.1 Å². The third-order valence-electron chi connectivity index (χ3n) is 3.46. The number of ether oxygens (including phenoxy) is 2. The number of benzene rings is 2. The number of nitrogens with one attached hydrogen (secondary N) is 1. The van der Waals surface area contributed by atoms with E-state index in [0.29, 0.717) is 17.4 Å². The summed E-state index contributed by atoms with van der Waals surface area (Å²) in [7, 11) is 0. The summed E-state index contributed by atoms with van der Waals surface area (Å²) in [6, 6.07) is 13.3. The van der Waals surface area contributed by atoms with Crippen LogP contribution in [-0.2, 0) is 22.6 Å². The van der Waals surface area contributed by atoms with Crippen LogP contribution in [0.2, 0.25) is 5.02 Å². The summed E-state index contributed by atoms with van der Waals surface area (Å²) in [4.78, 5) is 12.1. The van der Waals surface area contributed by atoms with Gasteiger partial charge in [0.05, 0.1) is 6.42 Å². The second-order valence-corrected chi connectivity index (χ2v) is 7.47. The predicted octanol–water partition coefficient (Wildman–Crippen LogP) is 5.24. The molecule has 1 N–H and O–H groups in total. The second kappa shape index (κ2) is 8.95. The Kier molecular flexibility index (Phi) is 6.92. The van der Waals surface area contributed by atoms with Crippen LogP contribution in [0.25, 0.3) is 0 Å². The number of para-hydroxylation sites is 1. The number of carbonyl (C=O) groups is 1. The van der Waals surface area contributed by atoms with Crippen molar-refractivity contribution in [2.45, 2.75) is 46.3 Å². The lowest BCUT2D eigenvalue weighted by molar-refractivity contribution is -0.153. The normalized spacial score (nSPS) is 11.1. The van der Waals surface area contributed by atoms with Gasteiger partial charge in [-0.05, 0) is 57.5 Å². The van der Waals surface area contributed by atoms with E-state index in [-0.39, 0.29) is 12.4 Å². The number of carbonyl (C=O) groups excluding carboxylic acids is 1. The Morgan fingerprint density at radius 2 is 1.88 bits per heavy atom. The second-order valence-electron chi connectivity index (χ2n) is 7.04. The van der Waals surface area contributed by atoms with Gasteiger partial charge < -0.3 is 14.8 Å². The molecule has 0 aliphatic heterocycles. The Morgan fingerprint density at radius 3 is 2.58 bits per heavy atom. The molecule has 0 aliphatic rings. The molecule has 0 spiro atoms. The Hall–Kier alpha value is -2.20. The van der Waals surface area contributed by atoms with Crippen molar-refractivity contribution in [3.05, 3.63) is 58.6 Å². The zero-order valence-electron chi connectivity index (χ0n) is 15.8. The zero-order valence-corrected chi connectivity index (χ0v) is 16.5. The highest BCUT2D eigenvalue weighted by atomic mass is 35.5. The molecule has 0 unspecified atom stereocenters. The Balaban J connectivity index is 2.07. The first-order valence-electron chi connectivity index (χ1n) is 8.72. The number of anilines is 1. The summed E-state index contributed by atoms with van der Waals surface area (Å²) >= 11 is 6.17. The molecule has 0 fully saturated rings. The summed E-state index contributed by atoms with van der Waals surface area (Å²) in [5, 5.41) is 3.90. The van der Waals surface area contributed by atoms with Gasteiger partial charge in [0.25, 0.3) is 0 Å². The van der Waals surface area contributed by atoms with Crippen molar-refractivity contribution in [3.63, 3.8) is 0 Å². The minimum absolute atomic E-state index is 0.172. The highest BCUT2D eigenvalue weighted by molar-refractivity contribution is 6.30. The molecule has 0 amide bonds. The van der Waals surface area contributed by atoms with Crippen molar-refractivity contribution in [1.82, 2.24) is 0 Å². The van der Waals surface area contributed by atoms with E-state index in [1.165, 1.54) is 0 Å². The van der Waals surface area contributed by atoms with Crippen LogP contribution in [0.4, 0.5) is 5.69 Å². The molecule has 0 saturated carbocycles. The first kappa shape index (κ1) is 20.1. The van der Waals surface area contributed by atoms with E-state index in [2.05, 4.69) is 5.32 Å². The van der Waals surface area contributed by atoms with Crippen molar-refractivity contribution >= 4 is 23.3 Å². The molecule has 0 bridgehead atoms. The first-order chi connectivity index (χ1) is 12.3. The van der Waals surface area contributed by atoms with E-state index in [1.54, 1.807) is 0 Å². The van der Waals surface area contributed by atoms with Gasteiger partial charge in [-0.2, -0.15) is 0 Å². The molecular weight excluding hydrogens is 350 g/mol. The molecule has 0 aromatic heterocycles.